The zero-order valence-corrected chi connectivity index (χ0v) is 16.9. The fourth-order valence-electron chi connectivity index (χ4n) is 2.11. The normalized spacial score (nSPS) is 13.4. The predicted molar refractivity (Wildman–Crippen MR) is 101 cm³/mol. The standard InChI is InChI=1S/C16H19Cl4F3N2O/c1-2-3-4-5-6-13(26)25-14(15(18,19)20)24-12-9-10(16(21,22)23)7-8-11(12)17/h7-9,14,24H,2-6H2,1H3,(H,25,26)/t14-/m1/s1. The molecule has 148 valence electrons. The van der Waals surface area contributed by atoms with Gasteiger partial charge in [-0.2, -0.15) is 13.2 Å². The van der Waals surface area contributed by atoms with Crippen LogP contribution in [0.5, 0.6) is 0 Å². The Balaban J connectivity index is 2.87. The maximum Gasteiger partial charge on any atom is 0.416 e. The van der Waals surface area contributed by atoms with Gasteiger partial charge in [-0.25, -0.2) is 0 Å². The molecule has 0 aliphatic heterocycles. The first-order valence-electron chi connectivity index (χ1n) is 7.94. The van der Waals surface area contributed by atoms with Crippen LogP contribution in [0.3, 0.4) is 0 Å². The van der Waals surface area contributed by atoms with Crippen molar-refractivity contribution < 1.29 is 18.0 Å². The highest BCUT2D eigenvalue weighted by molar-refractivity contribution is 6.68. The lowest BCUT2D eigenvalue weighted by molar-refractivity contribution is -0.137. The van der Waals surface area contributed by atoms with E-state index in [4.69, 9.17) is 46.4 Å². The Morgan fingerprint density at radius 3 is 2.35 bits per heavy atom. The van der Waals surface area contributed by atoms with Gasteiger partial charge in [-0.3, -0.25) is 4.79 Å². The molecule has 26 heavy (non-hydrogen) atoms. The van der Waals surface area contributed by atoms with Crippen molar-refractivity contribution in [2.75, 3.05) is 5.32 Å². The molecular weight excluding hydrogens is 435 g/mol. The molecule has 1 aromatic rings. The highest BCUT2D eigenvalue weighted by Crippen LogP contribution is 2.36. The predicted octanol–water partition coefficient (Wildman–Crippen LogP) is 6.55. The number of benzene rings is 1. The number of unbranched alkanes of at least 4 members (excludes halogenated alkanes) is 3. The number of carbonyl (C=O) groups is 1. The molecule has 0 heterocycles. The zero-order chi connectivity index (χ0) is 20.0. The summed E-state index contributed by atoms with van der Waals surface area (Å²) < 4.78 is 36.6. The third-order valence-corrected chi connectivity index (χ3v) is 4.47. The molecule has 1 amide bonds. The molecule has 0 saturated carbocycles. The van der Waals surface area contributed by atoms with Crippen molar-refractivity contribution in [3.63, 3.8) is 0 Å². The van der Waals surface area contributed by atoms with Crippen molar-refractivity contribution in [2.45, 2.75) is 55.2 Å². The molecule has 0 aromatic heterocycles. The lowest BCUT2D eigenvalue weighted by atomic mass is 10.1. The van der Waals surface area contributed by atoms with E-state index in [-0.39, 0.29) is 23.0 Å². The highest BCUT2D eigenvalue weighted by atomic mass is 35.6. The summed E-state index contributed by atoms with van der Waals surface area (Å²) in [6.45, 7) is 2.04. The maximum atomic E-state index is 12.9. The van der Waals surface area contributed by atoms with E-state index in [1.807, 2.05) is 6.92 Å². The molecule has 0 bridgehead atoms. The van der Waals surface area contributed by atoms with E-state index < -0.39 is 21.7 Å². The highest BCUT2D eigenvalue weighted by Gasteiger charge is 2.35. The Labute approximate surface area is 170 Å². The second-order valence-corrected chi connectivity index (χ2v) is 8.47. The second kappa shape index (κ2) is 10.1. The van der Waals surface area contributed by atoms with Crippen molar-refractivity contribution in [2.24, 2.45) is 0 Å². The summed E-state index contributed by atoms with van der Waals surface area (Å²) in [4.78, 5) is 12.0. The molecule has 0 saturated heterocycles. The summed E-state index contributed by atoms with van der Waals surface area (Å²) in [6, 6.07) is 2.71. The van der Waals surface area contributed by atoms with E-state index in [1.165, 1.54) is 0 Å². The number of hydrogen-bond donors (Lipinski definition) is 2. The van der Waals surface area contributed by atoms with Crippen molar-refractivity contribution >= 4 is 58.0 Å². The second-order valence-electron chi connectivity index (χ2n) is 5.69. The Hall–Kier alpha value is -0.560. The van der Waals surface area contributed by atoms with Gasteiger partial charge in [0.25, 0.3) is 0 Å². The largest absolute Gasteiger partial charge is 0.416 e. The van der Waals surface area contributed by atoms with Gasteiger partial charge >= 0.3 is 6.18 Å². The van der Waals surface area contributed by atoms with Gasteiger partial charge in [0.2, 0.25) is 9.70 Å². The molecule has 2 N–H and O–H groups in total. The van der Waals surface area contributed by atoms with Gasteiger partial charge in [0.15, 0.2) is 0 Å². The van der Waals surface area contributed by atoms with Gasteiger partial charge in [0.05, 0.1) is 16.3 Å². The molecule has 0 fully saturated rings. The maximum absolute atomic E-state index is 12.9. The zero-order valence-electron chi connectivity index (χ0n) is 13.9. The molecule has 0 aliphatic rings. The van der Waals surface area contributed by atoms with Gasteiger partial charge in [-0.15, -0.1) is 0 Å². The van der Waals surface area contributed by atoms with Gasteiger partial charge in [-0.05, 0) is 24.6 Å². The molecule has 10 heteroatoms. The third kappa shape index (κ3) is 7.99. The molecular formula is C16H19Cl4F3N2O. The average molecular weight is 454 g/mol. The van der Waals surface area contributed by atoms with Crippen molar-refractivity contribution in [3.05, 3.63) is 28.8 Å². The van der Waals surface area contributed by atoms with Crippen LogP contribution in [0, 0.1) is 0 Å². The van der Waals surface area contributed by atoms with Gasteiger partial charge in [0.1, 0.15) is 6.17 Å². The Kier molecular flexibility index (Phi) is 9.13. The number of rotatable bonds is 8. The van der Waals surface area contributed by atoms with Crippen molar-refractivity contribution in [1.29, 1.82) is 0 Å². The number of halogens is 7. The molecule has 0 spiro atoms. The van der Waals surface area contributed by atoms with Crippen LogP contribution in [-0.4, -0.2) is 15.9 Å². The van der Waals surface area contributed by atoms with E-state index in [2.05, 4.69) is 10.6 Å². The molecule has 0 radical (unpaired) electrons. The smallest absolute Gasteiger partial charge is 0.361 e. The monoisotopic (exact) mass is 452 g/mol. The number of alkyl halides is 6. The fraction of sp³-hybridized carbons (Fsp3) is 0.562. The first-order chi connectivity index (χ1) is 11.9. The van der Waals surface area contributed by atoms with Gasteiger partial charge < -0.3 is 10.6 Å². The first-order valence-corrected chi connectivity index (χ1v) is 9.45. The molecule has 1 aromatic carbocycles. The summed E-state index contributed by atoms with van der Waals surface area (Å²) >= 11 is 23.5. The van der Waals surface area contributed by atoms with Crippen molar-refractivity contribution in [1.82, 2.24) is 5.32 Å². The van der Waals surface area contributed by atoms with E-state index in [1.54, 1.807) is 0 Å². The summed E-state index contributed by atoms with van der Waals surface area (Å²) in [5.41, 5.74) is -1.03. The Bertz CT molecular complexity index is 606. The Morgan fingerprint density at radius 1 is 1.15 bits per heavy atom. The minimum atomic E-state index is -4.56. The summed E-state index contributed by atoms with van der Waals surface area (Å²) in [7, 11) is 0. The summed E-state index contributed by atoms with van der Waals surface area (Å²) in [5.74, 6) is -0.381. The quantitative estimate of drug-likeness (QED) is 0.266. The molecule has 1 atom stereocenters. The summed E-state index contributed by atoms with van der Waals surface area (Å²) in [6.07, 6.45) is -2.03. The lowest BCUT2D eigenvalue weighted by Crippen LogP contribution is -2.49. The number of carbonyl (C=O) groups excluding carboxylic acids is 1. The SMILES string of the molecule is CCCCCCC(=O)N[C@@H](Nc1cc(C(F)(F)F)ccc1Cl)C(Cl)(Cl)Cl. The topological polar surface area (TPSA) is 41.1 Å². The third-order valence-electron chi connectivity index (χ3n) is 3.48. The van der Waals surface area contributed by atoms with Crippen LogP contribution in [-0.2, 0) is 11.0 Å². The van der Waals surface area contributed by atoms with Gasteiger partial charge in [-0.1, -0.05) is 72.6 Å². The fourth-order valence-corrected chi connectivity index (χ4v) is 2.61. The van der Waals surface area contributed by atoms with E-state index in [0.29, 0.717) is 6.42 Å². The molecule has 0 aliphatic carbocycles. The van der Waals surface area contributed by atoms with Crippen LogP contribution in [0.15, 0.2) is 18.2 Å². The number of nitrogens with one attached hydrogen (secondary N) is 2. The van der Waals surface area contributed by atoms with Crippen LogP contribution in [0.25, 0.3) is 0 Å². The number of hydrogen-bond acceptors (Lipinski definition) is 2. The van der Waals surface area contributed by atoms with Crippen LogP contribution in [0.2, 0.25) is 5.02 Å². The average Bonchev–Trinajstić information content (AvgIpc) is 2.51. The Morgan fingerprint density at radius 2 is 1.81 bits per heavy atom. The number of amides is 1. The van der Waals surface area contributed by atoms with Crippen LogP contribution in [0.4, 0.5) is 18.9 Å². The minimum Gasteiger partial charge on any atom is -0.361 e. The van der Waals surface area contributed by atoms with E-state index >= 15 is 0 Å². The molecule has 1 rings (SSSR count). The lowest BCUT2D eigenvalue weighted by Gasteiger charge is -2.28. The first kappa shape index (κ1) is 23.5. The van der Waals surface area contributed by atoms with Gasteiger partial charge in [0, 0.05) is 6.42 Å². The molecule has 0 unspecified atom stereocenters. The van der Waals surface area contributed by atoms with E-state index in [9.17, 15) is 18.0 Å². The minimum absolute atomic E-state index is 0.00514. The molecule has 3 nitrogen and oxygen atoms in total. The van der Waals surface area contributed by atoms with Crippen LogP contribution in [0.1, 0.15) is 44.6 Å². The van der Waals surface area contributed by atoms with Crippen LogP contribution >= 0.6 is 46.4 Å². The number of anilines is 1. The summed E-state index contributed by atoms with van der Waals surface area (Å²) in [5, 5.41) is 5.05. The van der Waals surface area contributed by atoms with Crippen molar-refractivity contribution in [3.8, 4) is 0 Å². The van der Waals surface area contributed by atoms with E-state index in [0.717, 1.165) is 37.5 Å². The van der Waals surface area contributed by atoms with Crippen LogP contribution < -0.4 is 10.6 Å².